The maximum Gasteiger partial charge on any atom is 0.320 e. The number of nitrogens with zero attached hydrogens (tertiary/aromatic N) is 5. The molecular formula is C29H37F3N6OS. The van der Waals surface area contributed by atoms with E-state index in [4.69, 9.17) is 10.7 Å². The normalized spacial score (nSPS) is 15.6. The van der Waals surface area contributed by atoms with Crippen molar-refractivity contribution < 1.29 is 18.0 Å². The fourth-order valence-corrected chi connectivity index (χ4v) is 5.76. The Kier molecular flexibility index (Phi) is 9.78. The largest absolute Gasteiger partial charge is 0.325 e. The van der Waals surface area contributed by atoms with E-state index in [0.717, 1.165) is 35.3 Å². The average Bonchev–Trinajstić information content (AvgIpc) is 3.34. The highest BCUT2D eigenvalue weighted by Crippen LogP contribution is 2.39. The first kappa shape index (κ1) is 29.9. The van der Waals surface area contributed by atoms with Crippen molar-refractivity contribution in [3.8, 4) is 11.4 Å². The smallest absolute Gasteiger partial charge is 0.320 e. The summed E-state index contributed by atoms with van der Waals surface area (Å²) in [5.41, 5.74) is 6.26. The number of urea groups is 1. The maximum atomic E-state index is 14.9. The number of amides is 2. The second-order valence-electron chi connectivity index (χ2n) is 11.1. The molecule has 2 N–H and O–H groups in total. The van der Waals surface area contributed by atoms with Gasteiger partial charge in [-0.1, -0.05) is 51.1 Å². The van der Waals surface area contributed by atoms with Crippen LogP contribution in [0.1, 0.15) is 44.6 Å². The quantitative estimate of drug-likeness (QED) is 0.364. The first-order valence-electron chi connectivity index (χ1n) is 13.5. The highest BCUT2D eigenvalue weighted by molar-refractivity contribution is 7.99. The summed E-state index contributed by atoms with van der Waals surface area (Å²) in [6, 6.07) is 11.2. The number of nitrogens with two attached hydrogens (primary N) is 1. The standard InChI is InChI=1S/C29H37F3N6OS/c1-29(2,3)25(37(12-11-22(33)18-30)28(39)36-13-15-40-16-14-36)27-34-26(23-17-21(31)9-10-24(23)32)35-38(27)19-20-7-5-4-6-8-20/h4-10,17,22,25H,11-16,18-19,33H2,1-3H3/t22-,25?/m1/s1. The highest BCUT2D eigenvalue weighted by Gasteiger charge is 2.40. The molecule has 1 aliphatic heterocycles. The summed E-state index contributed by atoms with van der Waals surface area (Å²) in [6.07, 6.45) is 0.260. The Morgan fingerprint density at radius 3 is 2.48 bits per heavy atom. The molecule has 2 aromatic carbocycles. The minimum atomic E-state index is -0.716. The van der Waals surface area contributed by atoms with E-state index in [1.165, 1.54) is 0 Å². The lowest BCUT2D eigenvalue weighted by molar-refractivity contribution is 0.0823. The molecule has 11 heteroatoms. The minimum Gasteiger partial charge on any atom is -0.325 e. The summed E-state index contributed by atoms with van der Waals surface area (Å²) in [7, 11) is 0. The first-order chi connectivity index (χ1) is 19.1. The zero-order chi connectivity index (χ0) is 28.9. The Bertz CT molecular complexity index is 1280. The molecule has 1 saturated heterocycles. The molecule has 40 heavy (non-hydrogen) atoms. The van der Waals surface area contributed by atoms with E-state index in [1.807, 2.05) is 51.1 Å². The van der Waals surface area contributed by atoms with Gasteiger partial charge in [-0.3, -0.25) is 0 Å². The van der Waals surface area contributed by atoms with Gasteiger partial charge in [0.25, 0.3) is 0 Å². The predicted molar refractivity (Wildman–Crippen MR) is 153 cm³/mol. The molecule has 0 bridgehead atoms. The van der Waals surface area contributed by atoms with Gasteiger partial charge >= 0.3 is 6.03 Å². The monoisotopic (exact) mass is 574 g/mol. The van der Waals surface area contributed by atoms with Crippen molar-refractivity contribution >= 4 is 17.8 Å². The second-order valence-corrected chi connectivity index (χ2v) is 12.3. The van der Waals surface area contributed by atoms with Gasteiger partial charge in [0.05, 0.1) is 18.2 Å². The zero-order valence-corrected chi connectivity index (χ0v) is 24.0. The van der Waals surface area contributed by atoms with E-state index in [-0.39, 0.29) is 30.4 Å². The Morgan fingerprint density at radius 1 is 1.12 bits per heavy atom. The van der Waals surface area contributed by atoms with Crippen LogP contribution in [0.3, 0.4) is 0 Å². The molecule has 3 aromatic rings. The van der Waals surface area contributed by atoms with Gasteiger partial charge in [0.2, 0.25) is 0 Å². The topological polar surface area (TPSA) is 80.3 Å². The zero-order valence-electron chi connectivity index (χ0n) is 23.2. The number of benzene rings is 2. The third-order valence-electron chi connectivity index (χ3n) is 6.89. The molecule has 1 aliphatic rings. The van der Waals surface area contributed by atoms with E-state index in [1.54, 1.807) is 26.2 Å². The van der Waals surface area contributed by atoms with Crippen LogP contribution in [-0.4, -0.2) is 74.5 Å². The number of thioether (sulfide) groups is 1. The van der Waals surface area contributed by atoms with Gasteiger partial charge in [-0.05, 0) is 35.6 Å². The minimum absolute atomic E-state index is 0.0272. The van der Waals surface area contributed by atoms with Crippen LogP contribution in [0, 0.1) is 17.0 Å². The van der Waals surface area contributed by atoms with Gasteiger partial charge < -0.3 is 15.5 Å². The van der Waals surface area contributed by atoms with Crippen LogP contribution < -0.4 is 5.73 Å². The molecule has 1 aromatic heterocycles. The fraction of sp³-hybridized carbons (Fsp3) is 0.483. The molecule has 0 radical (unpaired) electrons. The molecule has 2 heterocycles. The molecular weight excluding hydrogens is 537 g/mol. The number of hydrogen-bond acceptors (Lipinski definition) is 5. The van der Waals surface area contributed by atoms with Crippen LogP contribution in [0.4, 0.5) is 18.0 Å². The Balaban J connectivity index is 1.85. The van der Waals surface area contributed by atoms with Crippen molar-refractivity contribution in [1.82, 2.24) is 24.6 Å². The molecule has 7 nitrogen and oxygen atoms in total. The maximum absolute atomic E-state index is 14.9. The summed E-state index contributed by atoms with van der Waals surface area (Å²) in [5.74, 6) is 0.867. The van der Waals surface area contributed by atoms with Gasteiger partial charge in [0.15, 0.2) is 11.6 Å². The van der Waals surface area contributed by atoms with Crippen LogP contribution >= 0.6 is 11.8 Å². The Labute approximate surface area is 237 Å². The van der Waals surface area contributed by atoms with Crippen molar-refractivity contribution in [3.05, 3.63) is 71.6 Å². The number of carbonyl (C=O) groups excluding carboxylic acids is 1. The highest BCUT2D eigenvalue weighted by atomic mass is 32.2. The lowest BCUT2D eigenvalue weighted by Gasteiger charge is -2.42. The Hall–Kier alpha value is -3.05. The Morgan fingerprint density at radius 2 is 1.82 bits per heavy atom. The molecule has 1 unspecified atom stereocenters. The van der Waals surface area contributed by atoms with Gasteiger partial charge in [-0.2, -0.15) is 16.9 Å². The molecule has 0 spiro atoms. The van der Waals surface area contributed by atoms with Crippen molar-refractivity contribution in [1.29, 1.82) is 0 Å². The summed E-state index contributed by atoms with van der Waals surface area (Å²) in [6.45, 7) is 6.98. The molecule has 216 valence electrons. The summed E-state index contributed by atoms with van der Waals surface area (Å²) < 4.78 is 44.1. The van der Waals surface area contributed by atoms with Crippen LogP contribution in [0.15, 0.2) is 48.5 Å². The van der Waals surface area contributed by atoms with Crippen molar-refractivity contribution in [2.45, 2.75) is 45.8 Å². The number of carbonyl (C=O) groups is 1. The predicted octanol–water partition coefficient (Wildman–Crippen LogP) is 5.52. The molecule has 0 saturated carbocycles. The van der Waals surface area contributed by atoms with Crippen molar-refractivity contribution in [2.75, 3.05) is 37.8 Å². The van der Waals surface area contributed by atoms with Gasteiger partial charge in [0, 0.05) is 37.2 Å². The number of alkyl halides is 1. The van der Waals surface area contributed by atoms with Gasteiger partial charge in [0.1, 0.15) is 18.3 Å². The van der Waals surface area contributed by atoms with Crippen molar-refractivity contribution in [3.63, 3.8) is 0 Å². The van der Waals surface area contributed by atoms with Crippen LogP contribution in [0.5, 0.6) is 0 Å². The van der Waals surface area contributed by atoms with Gasteiger partial charge in [-0.25, -0.2) is 27.6 Å². The summed E-state index contributed by atoms with van der Waals surface area (Å²) in [5, 5.41) is 4.64. The number of hydrogen-bond donors (Lipinski definition) is 1. The summed E-state index contributed by atoms with van der Waals surface area (Å²) >= 11 is 1.79. The van der Waals surface area contributed by atoms with Gasteiger partial charge in [-0.15, -0.1) is 0 Å². The molecule has 0 aliphatic carbocycles. The number of aromatic nitrogens is 3. The van der Waals surface area contributed by atoms with E-state index in [9.17, 15) is 18.0 Å². The third-order valence-corrected chi connectivity index (χ3v) is 7.83. The lowest BCUT2D eigenvalue weighted by atomic mass is 9.84. The lowest BCUT2D eigenvalue weighted by Crippen LogP contribution is -2.52. The van der Waals surface area contributed by atoms with Crippen LogP contribution in [-0.2, 0) is 6.54 Å². The van der Waals surface area contributed by atoms with E-state index >= 15 is 0 Å². The van der Waals surface area contributed by atoms with Crippen LogP contribution in [0.25, 0.3) is 11.4 Å². The van der Waals surface area contributed by atoms with E-state index in [2.05, 4.69) is 5.10 Å². The number of rotatable bonds is 9. The van der Waals surface area contributed by atoms with E-state index < -0.39 is 35.8 Å². The van der Waals surface area contributed by atoms with Crippen LogP contribution in [0.2, 0.25) is 0 Å². The molecule has 2 atom stereocenters. The third kappa shape index (κ3) is 7.17. The molecule has 1 fully saturated rings. The summed E-state index contributed by atoms with van der Waals surface area (Å²) in [4.78, 5) is 22.3. The second kappa shape index (κ2) is 13.1. The SMILES string of the molecule is CC(C)(C)C(c1nc(-c2cc(F)ccc2F)nn1Cc1ccccc1)N(CC[C@@H](N)CF)C(=O)N1CCSCC1. The van der Waals surface area contributed by atoms with Crippen molar-refractivity contribution in [2.24, 2.45) is 11.1 Å². The molecule has 4 rings (SSSR count). The average molecular weight is 575 g/mol. The fourth-order valence-electron chi connectivity index (χ4n) is 4.86. The number of halogens is 3. The van der Waals surface area contributed by atoms with E-state index in [0.29, 0.717) is 25.5 Å². The molecule has 2 amide bonds. The first-order valence-corrected chi connectivity index (χ1v) is 14.6.